The number of aromatic nitrogens is 2. The maximum absolute atomic E-state index is 13.9. The lowest BCUT2D eigenvalue weighted by atomic mass is 9.84. The first-order chi connectivity index (χ1) is 19.3. The van der Waals surface area contributed by atoms with Gasteiger partial charge in [0.05, 0.1) is 23.2 Å². The van der Waals surface area contributed by atoms with Gasteiger partial charge in [-0.05, 0) is 74.7 Å². The number of benzene rings is 4. The number of nitrogens with one attached hydrogen (secondary N) is 1. The molecule has 0 unspecified atom stereocenters. The van der Waals surface area contributed by atoms with E-state index in [1.165, 1.54) is 6.07 Å². The summed E-state index contributed by atoms with van der Waals surface area (Å²) in [5, 5.41) is 17.8. The molecule has 1 aromatic heterocycles. The van der Waals surface area contributed by atoms with Crippen LogP contribution in [0.4, 0.5) is 24.5 Å². The van der Waals surface area contributed by atoms with Crippen LogP contribution in [0.2, 0.25) is 0 Å². The second-order valence-electron chi connectivity index (χ2n) is 10.8. The minimum atomic E-state index is -4.53. The number of carboxylic acids is 1. The first-order valence-corrected chi connectivity index (χ1v) is 13.2. The number of alkyl halides is 3. The molecule has 4 aromatic carbocycles. The Bertz CT molecular complexity index is 1750. The van der Waals surface area contributed by atoms with Crippen molar-refractivity contribution in [3.05, 3.63) is 113 Å². The predicted molar refractivity (Wildman–Crippen MR) is 156 cm³/mol. The molecular formula is C33H30F3N3O2. The summed E-state index contributed by atoms with van der Waals surface area (Å²) in [4.78, 5) is 11.7. The summed E-state index contributed by atoms with van der Waals surface area (Å²) in [6.45, 7) is 7.61. The van der Waals surface area contributed by atoms with Crippen LogP contribution in [0, 0.1) is 13.8 Å². The molecule has 2 N–H and O–H groups in total. The van der Waals surface area contributed by atoms with Crippen LogP contribution in [0.5, 0.6) is 0 Å². The summed E-state index contributed by atoms with van der Waals surface area (Å²) in [6.07, 6.45) is -4.53. The molecule has 0 aliphatic rings. The highest BCUT2D eigenvalue weighted by Gasteiger charge is 2.34. The molecule has 0 atom stereocenters. The molecule has 0 saturated heterocycles. The number of hydrogen-bond acceptors (Lipinski definition) is 3. The van der Waals surface area contributed by atoms with Gasteiger partial charge in [0.15, 0.2) is 0 Å². The van der Waals surface area contributed by atoms with E-state index in [0.29, 0.717) is 23.2 Å². The van der Waals surface area contributed by atoms with Crippen LogP contribution in [0.1, 0.15) is 41.7 Å². The highest BCUT2D eigenvalue weighted by Crippen LogP contribution is 2.38. The van der Waals surface area contributed by atoms with E-state index in [1.54, 1.807) is 42.8 Å². The van der Waals surface area contributed by atoms with Crippen LogP contribution in [0.25, 0.3) is 22.2 Å². The Kier molecular flexibility index (Phi) is 7.11. The summed E-state index contributed by atoms with van der Waals surface area (Å²) >= 11 is 0. The summed E-state index contributed by atoms with van der Waals surface area (Å²) in [5.74, 6) is -0.919. The van der Waals surface area contributed by atoms with Crippen LogP contribution in [-0.2, 0) is 22.9 Å². The minimum Gasteiger partial charge on any atom is -0.481 e. The van der Waals surface area contributed by atoms with E-state index < -0.39 is 23.1 Å². The average molecular weight is 558 g/mol. The van der Waals surface area contributed by atoms with Crippen molar-refractivity contribution in [1.29, 1.82) is 0 Å². The maximum atomic E-state index is 13.9. The van der Waals surface area contributed by atoms with Gasteiger partial charge in [0.2, 0.25) is 0 Å². The number of carbonyl (C=O) groups is 1. The zero-order chi connectivity index (χ0) is 29.5. The van der Waals surface area contributed by atoms with E-state index >= 15 is 0 Å². The second kappa shape index (κ2) is 10.4. The number of aryl methyl sites for hydroxylation is 2. The van der Waals surface area contributed by atoms with E-state index in [2.05, 4.69) is 10.4 Å². The summed E-state index contributed by atoms with van der Waals surface area (Å²) in [7, 11) is 0. The lowest BCUT2D eigenvalue weighted by molar-refractivity contribution is -0.142. The van der Waals surface area contributed by atoms with E-state index in [9.17, 15) is 23.1 Å². The monoisotopic (exact) mass is 557 g/mol. The molecule has 0 radical (unpaired) electrons. The molecule has 0 aliphatic carbocycles. The Morgan fingerprint density at radius 3 is 2.27 bits per heavy atom. The first-order valence-electron chi connectivity index (χ1n) is 13.2. The molecule has 1 heterocycles. The van der Waals surface area contributed by atoms with Gasteiger partial charge in [-0.1, -0.05) is 60.2 Å². The molecule has 0 spiro atoms. The molecule has 0 bridgehead atoms. The Balaban J connectivity index is 1.54. The smallest absolute Gasteiger partial charge is 0.418 e. The van der Waals surface area contributed by atoms with Crippen molar-refractivity contribution in [2.24, 2.45) is 0 Å². The number of fused-ring (bicyclic) bond motifs is 1. The van der Waals surface area contributed by atoms with Gasteiger partial charge < -0.3 is 10.4 Å². The van der Waals surface area contributed by atoms with Gasteiger partial charge in [-0.3, -0.25) is 9.48 Å². The van der Waals surface area contributed by atoms with Crippen molar-refractivity contribution in [2.75, 3.05) is 5.32 Å². The van der Waals surface area contributed by atoms with Crippen LogP contribution in [0.3, 0.4) is 0 Å². The summed E-state index contributed by atoms with van der Waals surface area (Å²) < 4.78 is 43.4. The van der Waals surface area contributed by atoms with Crippen LogP contribution >= 0.6 is 0 Å². The van der Waals surface area contributed by atoms with E-state index in [0.717, 1.165) is 39.7 Å². The molecule has 5 aromatic rings. The average Bonchev–Trinajstić information content (AvgIpc) is 3.28. The third kappa shape index (κ3) is 5.55. The standard InChI is InChI=1S/C33H30F3N3O2/c1-20-11-12-23(21(2)17-20)19-39-30(27-9-6-10-28(29(27)38-39)33(34,35)36)22-13-15-25(16-14-22)37-26-8-5-7-24(18-26)32(3,4)31(40)41/h5-18,37H,19H2,1-4H3,(H,40,41). The van der Waals surface area contributed by atoms with Gasteiger partial charge in [-0.25, -0.2) is 0 Å². The number of anilines is 2. The molecule has 0 saturated carbocycles. The number of halogens is 3. The van der Waals surface area contributed by atoms with Gasteiger partial charge in [0, 0.05) is 22.3 Å². The van der Waals surface area contributed by atoms with E-state index in [1.807, 2.05) is 62.4 Å². The predicted octanol–water partition coefficient (Wildman–Crippen LogP) is 8.49. The fourth-order valence-corrected chi connectivity index (χ4v) is 4.97. The Morgan fingerprint density at radius 2 is 1.61 bits per heavy atom. The van der Waals surface area contributed by atoms with Gasteiger partial charge in [-0.2, -0.15) is 18.3 Å². The van der Waals surface area contributed by atoms with Crippen LogP contribution in [-0.4, -0.2) is 20.9 Å². The van der Waals surface area contributed by atoms with Crippen LogP contribution < -0.4 is 5.32 Å². The fourth-order valence-electron chi connectivity index (χ4n) is 4.97. The Labute approximate surface area is 236 Å². The van der Waals surface area contributed by atoms with Crippen molar-refractivity contribution in [3.63, 3.8) is 0 Å². The van der Waals surface area contributed by atoms with Crippen molar-refractivity contribution >= 4 is 28.2 Å². The number of nitrogens with zero attached hydrogens (tertiary/aromatic N) is 2. The first kappa shape index (κ1) is 28.0. The third-order valence-corrected chi connectivity index (χ3v) is 7.46. The Morgan fingerprint density at radius 1 is 0.902 bits per heavy atom. The highest BCUT2D eigenvalue weighted by molar-refractivity contribution is 5.95. The Hall–Kier alpha value is -4.59. The highest BCUT2D eigenvalue weighted by atomic mass is 19.4. The van der Waals surface area contributed by atoms with Gasteiger partial charge in [0.1, 0.15) is 5.52 Å². The van der Waals surface area contributed by atoms with Gasteiger partial charge in [0.25, 0.3) is 0 Å². The maximum Gasteiger partial charge on any atom is 0.418 e. The lowest BCUT2D eigenvalue weighted by Crippen LogP contribution is -2.28. The molecule has 210 valence electrons. The third-order valence-electron chi connectivity index (χ3n) is 7.46. The van der Waals surface area contributed by atoms with Crippen LogP contribution in [0.15, 0.2) is 84.9 Å². The van der Waals surface area contributed by atoms with E-state index in [4.69, 9.17) is 0 Å². The number of aliphatic carboxylic acids is 1. The molecule has 5 nitrogen and oxygen atoms in total. The van der Waals surface area contributed by atoms with Gasteiger partial charge >= 0.3 is 12.1 Å². The quantitative estimate of drug-likeness (QED) is 0.211. The lowest BCUT2D eigenvalue weighted by Gasteiger charge is -2.20. The molecule has 0 aliphatic heterocycles. The summed E-state index contributed by atoms with van der Waals surface area (Å²) in [5.41, 5.74) is 4.69. The van der Waals surface area contributed by atoms with Gasteiger partial charge in [-0.15, -0.1) is 0 Å². The molecule has 0 amide bonds. The zero-order valence-corrected chi connectivity index (χ0v) is 23.2. The topological polar surface area (TPSA) is 67.2 Å². The number of hydrogen-bond donors (Lipinski definition) is 2. The molecular weight excluding hydrogens is 527 g/mol. The molecule has 5 rings (SSSR count). The summed E-state index contributed by atoms with van der Waals surface area (Å²) in [6, 6.07) is 24.8. The SMILES string of the molecule is Cc1ccc(Cn2nc3c(C(F)(F)F)cccc3c2-c2ccc(Nc3cccc(C(C)(C)C(=O)O)c3)cc2)c(C)c1. The van der Waals surface area contributed by atoms with Crippen molar-refractivity contribution in [2.45, 2.75) is 45.8 Å². The largest absolute Gasteiger partial charge is 0.481 e. The number of carboxylic acid groups (broad SMARTS) is 1. The minimum absolute atomic E-state index is 0.0835. The zero-order valence-electron chi connectivity index (χ0n) is 23.2. The molecule has 41 heavy (non-hydrogen) atoms. The second-order valence-corrected chi connectivity index (χ2v) is 10.8. The molecule has 8 heteroatoms. The normalized spacial score (nSPS) is 12.1. The van der Waals surface area contributed by atoms with E-state index in [-0.39, 0.29) is 5.52 Å². The fraction of sp³-hybridized carbons (Fsp3) is 0.212. The number of rotatable bonds is 7. The van der Waals surface area contributed by atoms with Crippen molar-refractivity contribution < 1.29 is 23.1 Å². The van der Waals surface area contributed by atoms with Crippen molar-refractivity contribution in [3.8, 4) is 11.3 Å². The molecule has 0 fully saturated rings. The van der Waals surface area contributed by atoms with Crippen molar-refractivity contribution in [1.82, 2.24) is 9.78 Å².